The number of aromatic nitrogens is 1. The van der Waals surface area contributed by atoms with Gasteiger partial charge in [-0.25, -0.2) is 0 Å². The Morgan fingerprint density at radius 1 is 1.45 bits per heavy atom. The molecular formula is C16H28N4O2. The average molecular weight is 308 g/mol. The van der Waals surface area contributed by atoms with Gasteiger partial charge in [-0.2, -0.15) is 0 Å². The maximum Gasteiger partial charge on any atom is 0.193 e. The normalized spacial score (nSPS) is 18.7. The van der Waals surface area contributed by atoms with Crippen molar-refractivity contribution in [1.82, 2.24) is 15.4 Å². The summed E-state index contributed by atoms with van der Waals surface area (Å²) in [5, 5.41) is 7.42. The van der Waals surface area contributed by atoms with Gasteiger partial charge in [-0.3, -0.25) is 4.99 Å². The molecule has 1 unspecified atom stereocenters. The van der Waals surface area contributed by atoms with E-state index in [2.05, 4.69) is 27.4 Å². The lowest BCUT2D eigenvalue weighted by molar-refractivity contribution is 0.181. The van der Waals surface area contributed by atoms with Gasteiger partial charge in [0.05, 0.1) is 12.3 Å². The summed E-state index contributed by atoms with van der Waals surface area (Å²) in [6.07, 6.45) is 3.15. The van der Waals surface area contributed by atoms with Crippen LogP contribution >= 0.6 is 0 Å². The van der Waals surface area contributed by atoms with Crippen molar-refractivity contribution in [3.63, 3.8) is 0 Å². The SMILES string of the molecule is CN=C(NCCCc1c(C)noc1C)N(C)CC1CCOC1. The van der Waals surface area contributed by atoms with Crippen molar-refractivity contribution in [3.8, 4) is 0 Å². The minimum atomic E-state index is 0.617. The molecule has 0 aromatic carbocycles. The number of nitrogens with one attached hydrogen (secondary N) is 1. The predicted molar refractivity (Wildman–Crippen MR) is 87.2 cm³/mol. The Labute approximate surface area is 132 Å². The van der Waals surface area contributed by atoms with Crippen molar-refractivity contribution in [2.75, 3.05) is 40.4 Å². The highest BCUT2D eigenvalue weighted by Gasteiger charge is 2.19. The summed E-state index contributed by atoms with van der Waals surface area (Å²) in [6.45, 7) is 7.61. The summed E-state index contributed by atoms with van der Waals surface area (Å²) in [5.41, 5.74) is 2.23. The third-order valence-electron chi connectivity index (χ3n) is 4.20. The van der Waals surface area contributed by atoms with Crippen LogP contribution in [-0.2, 0) is 11.2 Å². The second kappa shape index (κ2) is 8.17. The van der Waals surface area contributed by atoms with Crippen LogP contribution in [0.2, 0.25) is 0 Å². The molecule has 0 radical (unpaired) electrons. The van der Waals surface area contributed by atoms with Crippen LogP contribution in [0.1, 0.15) is 29.9 Å². The zero-order chi connectivity index (χ0) is 15.9. The van der Waals surface area contributed by atoms with Gasteiger partial charge in [-0.05, 0) is 33.1 Å². The van der Waals surface area contributed by atoms with Crippen molar-refractivity contribution < 1.29 is 9.26 Å². The molecule has 0 aliphatic carbocycles. The second-order valence-corrected chi connectivity index (χ2v) is 5.99. The number of rotatable bonds is 6. The van der Waals surface area contributed by atoms with E-state index in [0.717, 1.165) is 63.0 Å². The molecule has 124 valence electrons. The molecule has 2 rings (SSSR count). The van der Waals surface area contributed by atoms with Gasteiger partial charge < -0.3 is 19.5 Å². The molecule has 22 heavy (non-hydrogen) atoms. The fourth-order valence-electron chi connectivity index (χ4n) is 2.91. The maximum absolute atomic E-state index is 5.43. The first-order chi connectivity index (χ1) is 10.6. The highest BCUT2D eigenvalue weighted by atomic mass is 16.5. The number of ether oxygens (including phenoxy) is 1. The standard InChI is InChI=1S/C16H28N4O2/c1-12-15(13(2)22-19-12)6-5-8-18-16(17-3)20(4)10-14-7-9-21-11-14/h14H,5-11H2,1-4H3,(H,17,18). The first-order valence-electron chi connectivity index (χ1n) is 8.03. The van der Waals surface area contributed by atoms with Crippen LogP contribution in [0.4, 0.5) is 0 Å². The molecule has 1 aromatic rings. The summed E-state index contributed by atoms with van der Waals surface area (Å²) in [4.78, 5) is 6.55. The van der Waals surface area contributed by atoms with Crippen LogP contribution in [0.15, 0.2) is 9.52 Å². The molecule has 1 saturated heterocycles. The smallest absolute Gasteiger partial charge is 0.193 e. The molecule has 1 fully saturated rings. The van der Waals surface area contributed by atoms with Gasteiger partial charge in [0, 0.05) is 45.3 Å². The minimum Gasteiger partial charge on any atom is -0.381 e. The fourth-order valence-corrected chi connectivity index (χ4v) is 2.91. The topological polar surface area (TPSA) is 62.9 Å². The number of nitrogens with zero attached hydrogens (tertiary/aromatic N) is 3. The quantitative estimate of drug-likeness (QED) is 0.493. The zero-order valence-corrected chi connectivity index (χ0v) is 14.2. The van der Waals surface area contributed by atoms with Crippen molar-refractivity contribution in [2.24, 2.45) is 10.9 Å². The summed E-state index contributed by atoms with van der Waals surface area (Å²) >= 11 is 0. The second-order valence-electron chi connectivity index (χ2n) is 5.99. The monoisotopic (exact) mass is 308 g/mol. The van der Waals surface area contributed by atoms with E-state index in [1.165, 1.54) is 5.56 Å². The van der Waals surface area contributed by atoms with Gasteiger partial charge >= 0.3 is 0 Å². The van der Waals surface area contributed by atoms with Crippen LogP contribution in [0.25, 0.3) is 0 Å². The molecule has 2 heterocycles. The maximum atomic E-state index is 5.43. The minimum absolute atomic E-state index is 0.617. The Balaban J connectivity index is 1.72. The molecule has 0 spiro atoms. The molecule has 1 aliphatic heterocycles. The highest BCUT2D eigenvalue weighted by Crippen LogP contribution is 2.14. The number of guanidine groups is 1. The molecule has 0 saturated carbocycles. The molecule has 1 aliphatic rings. The van der Waals surface area contributed by atoms with Gasteiger partial charge in [-0.1, -0.05) is 5.16 Å². The molecule has 6 nitrogen and oxygen atoms in total. The Morgan fingerprint density at radius 2 is 2.27 bits per heavy atom. The van der Waals surface area contributed by atoms with E-state index >= 15 is 0 Å². The number of hydrogen-bond donors (Lipinski definition) is 1. The van der Waals surface area contributed by atoms with Gasteiger partial charge in [-0.15, -0.1) is 0 Å². The van der Waals surface area contributed by atoms with Crippen LogP contribution in [0.5, 0.6) is 0 Å². The predicted octanol–water partition coefficient (Wildman–Crippen LogP) is 1.77. The summed E-state index contributed by atoms with van der Waals surface area (Å²) in [7, 11) is 3.92. The molecule has 1 atom stereocenters. The van der Waals surface area contributed by atoms with E-state index in [0.29, 0.717) is 5.92 Å². The number of aliphatic imine (C=N–C) groups is 1. The van der Waals surface area contributed by atoms with Crippen LogP contribution in [0.3, 0.4) is 0 Å². The van der Waals surface area contributed by atoms with Crippen LogP contribution in [0, 0.1) is 19.8 Å². The van der Waals surface area contributed by atoms with E-state index in [-0.39, 0.29) is 0 Å². The molecule has 0 bridgehead atoms. The molecular weight excluding hydrogens is 280 g/mol. The molecule has 0 amide bonds. The molecule has 1 N–H and O–H groups in total. The molecule has 6 heteroatoms. The summed E-state index contributed by atoms with van der Waals surface area (Å²) < 4.78 is 10.6. The lowest BCUT2D eigenvalue weighted by Gasteiger charge is -2.24. The van der Waals surface area contributed by atoms with Gasteiger partial charge in [0.15, 0.2) is 5.96 Å². The van der Waals surface area contributed by atoms with Crippen molar-refractivity contribution in [1.29, 1.82) is 0 Å². The van der Waals surface area contributed by atoms with E-state index in [1.807, 2.05) is 20.9 Å². The molecule has 1 aromatic heterocycles. The largest absolute Gasteiger partial charge is 0.381 e. The van der Waals surface area contributed by atoms with E-state index in [4.69, 9.17) is 9.26 Å². The van der Waals surface area contributed by atoms with Gasteiger partial charge in [0.2, 0.25) is 0 Å². The van der Waals surface area contributed by atoms with Crippen molar-refractivity contribution in [3.05, 3.63) is 17.0 Å². The number of aryl methyl sites for hydroxylation is 2. The lowest BCUT2D eigenvalue weighted by atomic mass is 10.1. The average Bonchev–Trinajstić information content (AvgIpc) is 3.11. The van der Waals surface area contributed by atoms with E-state index in [1.54, 1.807) is 0 Å². The fraction of sp³-hybridized carbons (Fsp3) is 0.750. The van der Waals surface area contributed by atoms with E-state index in [9.17, 15) is 0 Å². The third kappa shape index (κ3) is 4.47. The van der Waals surface area contributed by atoms with Crippen LogP contribution in [-0.4, -0.2) is 56.4 Å². The van der Waals surface area contributed by atoms with Crippen molar-refractivity contribution in [2.45, 2.75) is 33.1 Å². The Bertz CT molecular complexity index is 473. The Kier molecular flexibility index (Phi) is 6.24. The van der Waals surface area contributed by atoms with Gasteiger partial charge in [0.1, 0.15) is 5.76 Å². The van der Waals surface area contributed by atoms with Gasteiger partial charge in [0.25, 0.3) is 0 Å². The lowest BCUT2D eigenvalue weighted by Crippen LogP contribution is -2.41. The van der Waals surface area contributed by atoms with Crippen molar-refractivity contribution >= 4 is 5.96 Å². The Morgan fingerprint density at radius 3 is 2.86 bits per heavy atom. The number of hydrogen-bond acceptors (Lipinski definition) is 4. The van der Waals surface area contributed by atoms with E-state index < -0.39 is 0 Å². The zero-order valence-electron chi connectivity index (χ0n) is 14.2. The first kappa shape index (κ1) is 16.8. The van der Waals surface area contributed by atoms with Crippen LogP contribution < -0.4 is 5.32 Å². The third-order valence-corrected chi connectivity index (χ3v) is 4.20. The highest BCUT2D eigenvalue weighted by molar-refractivity contribution is 5.79. The first-order valence-corrected chi connectivity index (χ1v) is 8.03. The Hall–Kier alpha value is -1.56. The summed E-state index contributed by atoms with van der Waals surface area (Å²) in [5.74, 6) is 2.50. The summed E-state index contributed by atoms with van der Waals surface area (Å²) in [6, 6.07) is 0.